The summed E-state index contributed by atoms with van der Waals surface area (Å²) < 4.78 is 4.59. The Balaban J connectivity index is 3.60. The van der Waals surface area contributed by atoms with Gasteiger partial charge in [-0.2, -0.15) is 0 Å². The summed E-state index contributed by atoms with van der Waals surface area (Å²) in [7, 11) is 0.911. The molecule has 0 aromatic carbocycles. The second-order valence-corrected chi connectivity index (χ2v) is 5.42. The van der Waals surface area contributed by atoms with E-state index in [0.29, 0.717) is 6.54 Å². The molecule has 0 aliphatic rings. The van der Waals surface area contributed by atoms with Gasteiger partial charge in [-0.15, -0.1) is 0 Å². The summed E-state index contributed by atoms with van der Waals surface area (Å²) in [5.74, 6) is 0. The second kappa shape index (κ2) is 4.33. The molecule has 0 aromatic heterocycles. The van der Waals surface area contributed by atoms with E-state index in [1.165, 1.54) is 0 Å². The molecule has 0 fully saturated rings. The maximum absolute atomic E-state index is 8.81. The van der Waals surface area contributed by atoms with Crippen LogP contribution in [-0.2, 0) is 15.5 Å². The fourth-order valence-corrected chi connectivity index (χ4v) is 1.21. The van der Waals surface area contributed by atoms with Crippen molar-refractivity contribution in [2.75, 3.05) is 19.4 Å². The first-order valence-electron chi connectivity index (χ1n) is 2.37. The summed E-state index contributed by atoms with van der Waals surface area (Å²) in [6, 6.07) is 0. The number of hydrogen-bond donors (Lipinski definition) is 3. The summed E-state index contributed by atoms with van der Waals surface area (Å²) >= 11 is 0. The molecule has 4 nitrogen and oxygen atoms in total. The van der Waals surface area contributed by atoms with Gasteiger partial charge in [0.25, 0.3) is 0 Å². The molecule has 0 radical (unpaired) electrons. The van der Waals surface area contributed by atoms with Crippen LogP contribution >= 0.6 is 6.72 Å². The summed E-state index contributed by atoms with van der Waals surface area (Å²) in [6.45, 7) is -2.60. The lowest BCUT2D eigenvalue weighted by Crippen LogP contribution is -2.06. The molecule has 0 aliphatic heterocycles. The predicted molar refractivity (Wildman–Crippen MR) is 39.7 cm³/mol. The standard InChI is InChI=1S/C3H11NO3PS/c1-9-8(5,6)7-3-2-4/h5-6H,2-4H2,1H3/q+1. The molecular formula is C3H11NO3PS+. The first kappa shape index (κ1) is 9.49. The van der Waals surface area contributed by atoms with Crippen molar-refractivity contribution in [3.05, 3.63) is 0 Å². The van der Waals surface area contributed by atoms with Crippen LogP contribution in [0.2, 0.25) is 0 Å². The number of hydrogen-bond acceptors (Lipinski definition) is 2. The predicted octanol–water partition coefficient (Wildman–Crippen LogP) is -0.664. The highest BCUT2D eigenvalue weighted by Crippen LogP contribution is 2.37. The highest BCUT2D eigenvalue weighted by molar-refractivity contribution is 8.16. The zero-order chi connectivity index (χ0) is 7.33. The average molecular weight is 172 g/mol. The quantitative estimate of drug-likeness (QED) is 0.390. The molecule has 4 N–H and O–H groups in total. The Morgan fingerprint density at radius 2 is 2.22 bits per heavy atom. The molecular weight excluding hydrogens is 161 g/mol. The second-order valence-electron chi connectivity index (χ2n) is 1.30. The highest BCUT2D eigenvalue weighted by Gasteiger charge is 2.21. The molecule has 0 heterocycles. The Bertz CT molecular complexity index is 122. The van der Waals surface area contributed by atoms with Gasteiger partial charge < -0.3 is 5.73 Å². The van der Waals surface area contributed by atoms with Crippen molar-refractivity contribution >= 4 is 17.7 Å². The van der Waals surface area contributed by atoms with Crippen molar-refractivity contribution < 1.29 is 14.3 Å². The molecule has 0 saturated carbocycles. The Morgan fingerprint density at radius 1 is 1.67 bits per heavy atom. The summed E-state index contributed by atoms with van der Waals surface area (Å²) in [6.07, 6.45) is 1.57. The van der Waals surface area contributed by atoms with Gasteiger partial charge >= 0.3 is 6.72 Å². The van der Waals surface area contributed by atoms with E-state index >= 15 is 0 Å². The Kier molecular flexibility index (Phi) is 4.56. The van der Waals surface area contributed by atoms with E-state index in [0.717, 1.165) is 10.9 Å². The van der Waals surface area contributed by atoms with E-state index in [-0.39, 0.29) is 6.61 Å². The summed E-state index contributed by atoms with van der Waals surface area (Å²) in [4.78, 5) is 17.6. The van der Waals surface area contributed by atoms with Gasteiger partial charge in [0.05, 0.1) is 6.61 Å². The van der Waals surface area contributed by atoms with Crippen LogP contribution in [0.15, 0.2) is 0 Å². The maximum Gasteiger partial charge on any atom is 0.517 e. The van der Waals surface area contributed by atoms with Gasteiger partial charge in [0, 0.05) is 6.54 Å². The highest BCUT2D eigenvalue weighted by atomic mass is 32.5. The van der Waals surface area contributed by atoms with E-state index in [1.807, 2.05) is 0 Å². The number of nitrogens with two attached hydrogens (primary N) is 1. The topological polar surface area (TPSA) is 75.7 Å². The van der Waals surface area contributed by atoms with Crippen LogP contribution in [0, 0.1) is 0 Å². The zero-order valence-corrected chi connectivity index (χ0v) is 6.86. The molecule has 0 bridgehead atoms. The van der Waals surface area contributed by atoms with E-state index in [9.17, 15) is 0 Å². The molecule has 56 valence electrons. The monoisotopic (exact) mass is 172 g/mol. The summed E-state index contributed by atoms with van der Waals surface area (Å²) in [5.41, 5.74) is 5.05. The van der Waals surface area contributed by atoms with Gasteiger partial charge in [-0.3, -0.25) is 14.3 Å². The Hall–Kier alpha value is 0.490. The maximum atomic E-state index is 8.81. The first-order chi connectivity index (χ1) is 4.12. The molecule has 0 saturated heterocycles. The minimum absolute atomic E-state index is 0.196. The largest absolute Gasteiger partial charge is 0.517 e. The SMILES string of the molecule is C[S+]=P(O)(O)OCCN. The van der Waals surface area contributed by atoms with Crippen LogP contribution in [-0.4, -0.2) is 29.2 Å². The lowest BCUT2D eigenvalue weighted by Gasteiger charge is -1.98. The van der Waals surface area contributed by atoms with Crippen molar-refractivity contribution in [1.29, 1.82) is 0 Å². The fraction of sp³-hybridized carbons (Fsp3) is 1.00. The summed E-state index contributed by atoms with van der Waals surface area (Å²) in [5, 5.41) is 0. The van der Waals surface area contributed by atoms with Crippen molar-refractivity contribution in [2.45, 2.75) is 0 Å². The number of rotatable bonds is 3. The molecule has 0 aliphatic carbocycles. The molecule has 0 spiro atoms. The zero-order valence-electron chi connectivity index (χ0n) is 5.15. The van der Waals surface area contributed by atoms with E-state index in [1.54, 1.807) is 6.26 Å². The molecule has 9 heavy (non-hydrogen) atoms. The lowest BCUT2D eigenvalue weighted by molar-refractivity contribution is 0.258. The van der Waals surface area contributed by atoms with Gasteiger partial charge in [-0.1, -0.05) is 0 Å². The Morgan fingerprint density at radius 3 is 2.56 bits per heavy atom. The molecule has 0 aromatic rings. The van der Waals surface area contributed by atoms with Crippen LogP contribution < -0.4 is 5.73 Å². The van der Waals surface area contributed by atoms with Crippen LogP contribution in [0.3, 0.4) is 0 Å². The normalized spacial score (nSPS) is 11.6. The molecule has 0 rings (SSSR count). The molecule has 0 atom stereocenters. The van der Waals surface area contributed by atoms with Crippen molar-refractivity contribution in [1.82, 2.24) is 0 Å². The van der Waals surface area contributed by atoms with Crippen LogP contribution in [0.25, 0.3) is 0 Å². The van der Waals surface area contributed by atoms with E-state index in [2.05, 4.69) is 4.52 Å². The van der Waals surface area contributed by atoms with Gasteiger partial charge in [-0.05, 0) is 0 Å². The molecule has 6 heteroatoms. The van der Waals surface area contributed by atoms with Gasteiger partial charge in [0.1, 0.15) is 0 Å². The minimum atomic E-state index is -3.10. The van der Waals surface area contributed by atoms with Crippen LogP contribution in [0.5, 0.6) is 0 Å². The van der Waals surface area contributed by atoms with Gasteiger partial charge in [0.15, 0.2) is 6.26 Å². The van der Waals surface area contributed by atoms with Crippen LogP contribution in [0.4, 0.5) is 0 Å². The third-order valence-corrected chi connectivity index (χ3v) is 3.35. The van der Waals surface area contributed by atoms with Crippen molar-refractivity contribution in [2.24, 2.45) is 5.73 Å². The molecule has 0 amide bonds. The van der Waals surface area contributed by atoms with E-state index in [4.69, 9.17) is 15.5 Å². The molecule has 0 unspecified atom stereocenters. The Labute approximate surface area is 57.9 Å². The van der Waals surface area contributed by atoms with E-state index < -0.39 is 6.72 Å². The van der Waals surface area contributed by atoms with Crippen molar-refractivity contribution in [3.63, 3.8) is 0 Å². The van der Waals surface area contributed by atoms with Gasteiger partial charge in [-0.25, -0.2) is 0 Å². The lowest BCUT2D eigenvalue weighted by atomic mass is 10.8. The first-order valence-corrected chi connectivity index (χ1v) is 5.81. The average Bonchev–Trinajstić information content (AvgIpc) is 1.84. The minimum Gasteiger partial charge on any atom is -0.328 e. The van der Waals surface area contributed by atoms with Crippen molar-refractivity contribution in [3.8, 4) is 0 Å². The third kappa shape index (κ3) is 4.96. The fourth-order valence-electron chi connectivity index (χ4n) is 0.224. The smallest absolute Gasteiger partial charge is 0.328 e. The van der Waals surface area contributed by atoms with Crippen LogP contribution in [0.1, 0.15) is 0 Å². The third-order valence-electron chi connectivity index (χ3n) is 0.615. The van der Waals surface area contributed by atoms with Gasteiger partial charge in [0.2, 0.25) is 10.9 Å².